The summed E-state index contributed by atoms with van der Waals surface area (Å²) in [6.07, 6.45) is -0.592. The smallest absolute Gasteiger partial charge is 0.261 e. The summed E-state index contributed by atoms with van der Waals surface area (Å²) in [7, 11) is 1.60. The normalized spacial score (nSPS) is 13.0. The molecule has 0 fully saturated rings. The Morgan fingerprint density at radius 2 is 1.75 bits per heavy atom. The van der Waals surface area contributed by atoms with Gasteiger partial charge in [0.1, 0.15) is 11.5 Å². The summed E-state index contributed by atoms with van der Waals surface area (Å²) in [5.74, 6) is 1.16. The van der Waals surface area contributed by atoms with Gasteiger partial charge >= 0.3 is 0 Å². The van der Waals surface area contributed by atoms with Gasteiger partial charge in [-0.05, 0) is 51.0 Å². The SMILES string of the molecule is COc1cccc(O[C@H](C)C(=O)N[C@H](C)c2ccc(C)cc2C)c1. The molecule has 2 rings (SSSR count). The van der Waals surface area contributed by atoms with Crippen LogP contribution < -0.4 is 14.8 Å². The topological polar surface area (TPSA) is 47.6 Å². The second-order valence-corrected chi connectivity index (χ2v) is 6.03. The molecular formula is C20H25NO3. The Kier molecular flexibility index (Phi) is 5.85. The second-order valence-electron chi connectivity index (χ2n) is 6.03. The molecule has 4 nitrogen and oxygen atoms in total. The Morgan fingerprint density at radius 1 is 1.04 bits per heavy atom. The molecule has 0 aliphatic heterocycles. The molecule has 4 heteroatoms. The minimum Gasteiger partial charge on any atom is -0.497 e. The van der Waals surface area contributed by atoms with Gasteiger partial charge in [-0.1, -0.05) is 29.8 Å². The number of hydrogen-bond acceptors (Lipinski definition) is 3. The lowest BCUT2D eigenvalue weighted by Gasteiger charge is -2.20. The van der Waals surface area contributed by atoms with E-state index in [1.54, 1.807) is 26.2 Å². The molecule has 2 aromatic rings. The maximum atomic E-state index is 12.4. The van der Waals surface area contributed by atoms with Crippen LogP contribution in [0.4, 0.5) is 0 Å². The quantitative estimate of drug-likeness (QED) is 0.874. The fraction of sp³-hybridized carbons (Fsp3) is 0.350. The van der Waals surface area contributed by atoms with Crippen molar-refractivity contribution in [2.45, 2.75) is 39.8 Å². The Morgan fingerprint density at radius 3 is 2.42 bits per heavy atom. The van der Waals surface area contributed by atoms with E-state index in [0.717, 1.165) is 5.56 Å². The number of carbonyl (C=O) groups is 1. The van der Waals surface area contributed by atoms with Crippen molar-refractivity contribution in [2.24, 2.45) is 0 Å². The van der Waals surface area contributed by atoms with E-state index >= 15 is 0 Å². The fourth-order valence-electron chi connectivity index (χ4n) is 2.65. The van der Waals surface area contributed by atoms with Crippen molar-refractivity contribution in [3.8, 4) is 11.5 Å². The van der Waals surface area contributed by atoms with Crippen LogP contribution in [-0.4, -0.2) is 19.1 Å². The predicted octanol–water partition coefficient (Wildman–Crippen LogP) is 3.96. The number of aryl methyl sites for hydroxylation is 2. The van der Waals surface area contributed by atoms with Crippen LogP contribution in [0.5, 0.6) is 11.5 Å². The van der Waals surface area contributed by atoms with Gasteiger partial charge in [-0.2, -0.15) is 0 Å². The standard InChI is InChI=1S/C20H25NO3/c1-13-9-10-19(14(2)11-13)15(3)21-20(22)16(4)24-18-8-6-7-17(12-18)23-5/h6-12,15-16H,1-5H3,(H,21,22)/t15-,16-/m1/s1. The van der Waals surface area contributed by atoms with Gasteiger partial charge in [-0.3, -0.25) is 4.79 Å². The maximum Gasteiger partial charge on any atom is 0.261 e. The monoisotopic (exact) mass is 327 g/mol. The van der Waals surface area contributed by atoms with E-state index in [1.807, 2.05) is 19.1 Å². The van der Waals surface area contributed by atoms with E-state index in [9.17, 15) is 4.79 Å². The molecule has 128 valence electrons. The summed E-state index contributed by atoms with van der Waals surface area (Å²) in [5, 5.41) is 3.01. The minimum atomic E-state index is -0.592. The number of benzene rings is 2. The van der Waals surface area contributed by atoms with Crippen LogP contribution in [0.25, 0.3) is 0 Å². The van der Waals surface area contributed by atoms with Crippen molar-refractivity contribution in [2.75, 3.05) is 7.11 Å². The fourth-order valence-corrected chi connectivity index (χ4v) is 2.65. The average Bonchev–Trinajstić information content (AvgIpc) is 2.54. The van der Waals surface area contributed by atoms with Gasteiger partial charge in [0, 0.05) is 6.07 Å². The molecule has 2 aromatic carbocycles. The molecule has 2 atom stereocenters. The van der Waals surface area contributed by atoms with E-state index in [-0.39, 0.29) is 11.9 Å². The van der Waals surface area contributed by atoms with Crippen molar-refractivity contribution in [3.63, 3.8) is 0 Å². The molecule has 0 aromatic heterocycles. The van der Waals surface area contributed by atoms with Gasteiger partial charge in [-0.25, -0.2) is 0 Å². The highest BCUT2D eigenvalue weighted by Crippen LogP contribution is 2.21. The Balaban J connectivity index is 2.00. The molecule has 0 unspecified atom stereocenters. The zero-order valence-corrected chi connectivity index (χ0v) is 14.9. The predicted molar refractivity (Wildman–Crippen MR) is 95.6 cm³/mol. The molecule has 0 saturated carbocycles. The number of methoxy groups -OCH3 is 1. The van der Waals surface area contributed by atoms with Gasteiger partial charge in [0.2, 0.25) is 0 Å². The lowest BCUT2D eigenvalue weighted by atomic mass is 10.0. The van der Waals surface area contributed by atoms with Gasteiger partial charge in [0.05, 0.1) is 13.2 Å². The third kappa shape index (κ3) is 4.51. The minimum absolute atomic E-state index is 0.0746. The Hall–Kier alpha value is -2.49. The number of carbonyl (C=O) groups excluding carboxylic acids is 1. The van der Waals surface area contributed by atoms with Crippen LogP contribution >= 0.6 is 0 Å². The van der Waals surface area contributed by atoms with Crippen LogP contribution in [0.15, 0.2) is 42.5 Å². The lowest BCUT2D eigenvalue weighted by Crippen LogP contribution is -2.38. The number of amides is 1. The van der Waals surface area contributed by atoms with Crippen LogP contribution in [0, 0.1) is 13.8 Å². The molecule has 0 aliphatic rings. The van der Waals surface area contributed by atoms with E-state index in [0.29, 0.717) is 11.5 Å². The largest absolute Gasteiger partial charge is 0.497 e. The van der Waals surface area contributed by atoms with Crippen LogP contribution in [-0.2, 0) is 4.79 Å². The number of hydrogen-bond donors (Lipinski definition) is 1. The van der Waals surface area contributed by atoms with Gasteiger partial charge in [0.25, 0.3) is 5.91 Å². The molecule has 0 spiro atoms. The van der Waals surface area contributed by atoms with E-state index in [1.165, 1.54) is 11.1 Å². The Labute approximate surface area is 143 Å². The Bertz CT molecular complexity index is 712. The highest BCUT2D eigenvalue weighted by Gasteiger charge is 2.18. The molecule has 0 aliphatic carbocycles. The molecule has 0 radical (unpaired) electrons. The molecule has 1 N–H and O–H groups in total. The first kappa shape index (κ1) is 17.9. The molecular weight excluding hydrogens is 302 g/mol. The summed E-state index contributed by atoms with van der Waals surface area (Å²) in [6, 6.07) is 13.4. The van der Waals surface area contributed by atoms with Crippen molar-refractivity contribution >= 4 is 5.91 Å². The summed E-state index contributed by atoms with van der Waals surface area (Å²) in [6.45, 7) is 7.84. The number of nitrogens with one attached hydrogen (secondary N) is 1. The second kappa shape index (κ2) is 7.86. The zero-order chi connectivity index (χ0) is 17.7. The third-order valence-electron chi connectivity index (χ3n) is 3.97. The van der Waals surface area contributed by atoms with Crippen molar-refractivity contribution in [1.29, 1.82) is 0 Å². The number of rotatable bonds is 6. The first-order chi connectivity index (χ1) is 11.4. The van der Waals surface area contributed by atoms with Gasteiger partial charge < -0.3 is 14.8 Å². The summed E-state index contributed by atoms with van der Waals surface area (Å²) >= 11 is 0. The summed E-state index contributed by atoms with van der Waals surface area (Å²) in [4.78, 5) is 12.4. The maximum absolute atomic E-state index is 12.4. The third-order valence-corrected chi connectivity index (χ3v) is 3.97. The highest BCUT2D eigenvalue weighted by molar-refractivity contribution is 5.81. The zero-order valence-electron chi connectivity index (χ0n) is 14.9. The molecule has 0 saturated heterocycles. The number of ether oxygens (including phenoxy) is 2. The molecule has 24 heavy (non-hydrogen) atoms. The van der Waals surface area contributed by atoms with Crippen molar-refractivity contribution in [1.82, 2.24) is 5.32 Å². The summed E-state index contributed by atoms with van der Waals surface area (Å²) in [5.41, 5.74) is 3.50. The van der Waals surface area contributed by atoms with Crippen molar-refractivity contribution in [3.05, 3.63) is 59.2 Å². The first-order valence-electron chi connectivity index (χ1n) is 8.09. The van der Waals surface area contributed by atoms with Gasteiger partial charge in [-0.15, -0.1) is 0 Å². The highest BCUT2D eigenvalue weighted by atomic mass is 16.5. The molecule has 0 bridgehead atoms. The summed E-state index contributed by atoms with van der Waals surface area (Å²) < 4.78 is 10.9. The van der Waals surface area contributed by atoms with E-state index < -0.39 is 6.10 Å². The van der Waals surface area contributed by atoms with Crippen LogP contribution in [0.2, 0.25) is 0 Å². The molecule has 1 amide bonds. The first-order valence-corrected chi connectivity index (χ1v) is 8.09. The van der Waals surface area contributed by atoms with E-state index in [4.69, 9.17) is 9.47 Å². The van der Waals surface area contributed by atoms with E-state index in [2.05, 4.69) is 37.4 Å². The van der Waals surface area contributed by atoms with Crippen LogP contribution in [0.1, 0.15) is 36.6 Å². The van der Waals surface area contributed by atoms with Crippen molar-refractivity contribution < 1.29 is 14.3 Å². The molecule has 0 heterocycles. The van der Waals surface area contributed by atoms with Gasteiger partial charge in [0.15, 0.2) is 6.10 Å². The average molecular weight is 327 g/mol. The van der Waals surface area contributed by atoms with Crippen LogP contribution in [0.3, 0.4) is 0 Å². The lowest BCUT2D eigenvalue weighted by molar-refractivity contribution is -0.127.